The summed E-state index contributed by atoms with van der Waals surface area (Å²) in [6.07, 6.45) is -1.36. The Morgan fingerprint density at radius 2 is 1.96 bits per heavy atom. The summed E-state index contributed by atoms with van der Waals surface area (Å²) in [5.41, 5.74) is 11.1. The second kappa shape index (κ2) is 13.3. The number of ketones is 1. The molecule has 0 spiro atoms. The maximum Gasteiger partial charge on any atom is 1.00 e. The molecule has 2 atom stereocenters. The Morgan fingerprint density at radius 3 is 2.52 bits per heavy atom. The van der Waals surface area contributed by atoms with Crippen molar-refractivity contribution in [1.82, 2.24) is 0 Å². The van der Waals surface area contributed by atoms with Gasteiger partial charge in [-0.1, -0.05) is 6.07 Å². The quantitative estimate of drug-likeness (QED) is 0.0710. The number of aldehydes is 1. The van der Waals surface area contributed by atoms with Gasteiger partial charge in [-0.3, -0.25) is 14.2 Å². The number of hydrogen-bond donors (Lipinski definition) is 5. The monoisotopic (exact) mass is 430 g/mol. The number of carbonyl (C=O) groups is 2. The maximum atomic E-state index is 12.2. The Bertz CT molecular complexity index is 675. The summed E-state index contributed by atoms with van der Waals surface area (Å²) in [6.45, 7) is 0.767. The Hall–Kier alpha value is -0.0136. The van der Waals surface area contributed by atoms with Crippen molar-refractivity contribution in [1.29, 1.82) is 0 Å². The van der Waals surface area contributed by atoms with E-state index in [4.69, 9.17) is 20.9 Å². The number of benzene rings is 1. The minimum Gasteiger partial charge on any atom is -1.00 e. The third-order valence-corrected chi connectivity index (χ3v) is 4.42. The van der Waals surface area contributed by atoms with E-state index >= 15 is 0 Å². The van der Waals surface area contributed by atoms with E-state index in [1.54, 1.807) is 0 Å². The minimum absolute atomic E-state index is 0. The van der Waals surface area contributed by atoms with Gasteiger partial charge in [0, 0.05) is 6.54 Å². The molecule has 0 heterocycles. The number of hydrogen-bond acceptors (Lipinski definition) is 8. The van der Waals surface area contributed by atoms with E-state index in [-0.39, 0.29) is 83.8 Å². The predicted molar refractivity (Wildman–Crippen MR) is 93.3 cm³/mol. The van der Waals surface area contributed by atoms with E-state index in [1.807, 2.05) is 0 Å². The molecule has 1 aromatic rings. The normalized spacial score (nSPS) is 13.5. The van der Waals surface area contributed by atoms with Crippen LogP contribution in [0.5, 0.6) is 5.75 Å². The van der Waals surface area contributed by atoms with Crippen LogP contribution in [0.3, 0.4) is 0 Å². The first-order chi connectivity index (χ1) is 12.2. The van der Waals surface area contributed by atoms with E-state index in [9.17, 15) is 29.0 Å². The summed E-state index contributed by atoms with van der Waals surface area (Å²) in [6, 6.07) is 2.16. The largest absolute Gasteiger partial charge is 1.00 e. The van der Waals surface area contributed by atoms with Gasteiger partial charge in [-0.05, 0) is 24.1 Å². The van der Waals surface area contributed by atoms with Gasteiger partial charge in [-0.15, -0.1) is 0 Å². The molecule has 12 heteroatoms. The standard InChI is InChI=1S/C15H23N2O8P.K.H/c16-3-4-24-5-6-25-13(9-18)15(20)12(17)7-10-1-2-11(19)8-14(10)26(21,22)23;;/h1-2,8-9,12-13,19H,3-7,16-17H2,(H2,21,22,23);;/q;+1;-1/t12-,13?;;/m0../s1. The molecule has 7 N–H and O–H groups in total. The molecule has 0 aliphatic heterocycles. The number of carbonyl (C=O) groups excluding carboxylic acids is 2. The summed E-state index contributed by atoms with van der Waals surface area (Å²) in [5.74, 6) is -1.07. The van der Waals surface area contributed by atoms with Crippen LogP contribution in [0.25, 0.3) is 0 Å². The molecule has 1 unspecified atom stereocenters. The summed E-state index contributed by atoms with van der Waals surface area (Å²) in [7, 11) is -4.68. The van der Waals surface area contributed by atoms with Crippen molar-refractivity contribution in [2.75, 3.05) is 26.4 Å². The van der Waals surface area contributed by atoms with Crippen LogP contribution < -0.4 is 68.2 Å². The van der Waals surface area contributed by atoms with Crippen molar-refractivity contribution >= 4 is 25.0 Å². The zero-order valence-corrected chi connectivity index (χ0v) is 19.0. The van der Waals surface area contributed by atoms with Gasteiger partial charge >= 0.3 is 59.0 Å². The van der Waals surface area contributed by atoms with Gasteiger partial charge in [0.2, 0.25) is 0 Å². The summed E-state index contributed by atoms with van der Waals surface area (Å²) in [4.78, 5) is 42.0. The summed E-state index contributed by atoms with van der Waals surface area (Å²) >= 11 is 0. The van der Waals surface area contributed by atoms with Crippen molar-refractivity contribution in [2.24, 2.45) is 11.5 Å². The van der Waals surface area contributed by atoms with Crippen molar-refractivity contribution in [2.45, 2.75) is 18.6 Å². The topological polar surface area (TPSA) is 182 Å². The number of ether oxygens (including phenoxy) is 2. The molecule has 0 aliphatic rings. The number of phenolic OH excluding ortho intramolecular Hbond substituents is 1. The van der Waals surface area contributed by atoms with E-state index in [0.717, 1.165) is 6.07 Å². The van der Waals surface area contributed by atoms with Gasteiger partial charge in [-0.2, -0.15) is 0 Å². The average molecular weight is 430 g/mol. The fourth-order valence-corrected chi connectivity index (χ4v) is 2.99. The molecule has 0 amide bonds. The van der Waals surface area contributed by atoms with Crippen LogP contribution in [0.1, 0.15) is 6.99 Å². The molecule has 0 saturated heterocycles. The molecule has 0 aliphatic carbocycles. The fraction of sp³-hybridized carbons (Fsp3) is 0.467. The summed E-state index contributed by atoms with van der Waals surface area (Å²) < 4.78 is 21.7. The molecule has 1 aromatic carbocycles. The first-order valence-electron chi connectivity index (χ1n) is 7.72. The van der Waals surface area contributed by atoms with Crippen molar-refractivity contribution in [3.05, 3.63) is 23.8 Å². The molecule has 0 fully saturated rings. The van der Waals surface area contributed by atoms with Gasteiger partial charge in [0.15, 0.2) is 18.2 Å². The molecule has 10 nitrogen and oxygen atoms in total. The van der Waals surface area contributed by atoms with Gasteiger partial charge in [0.25, 0.3) is 0 Å². The van der Waals surface area contributed by atoms with Gasteiger partial charge in [0.1, 0.15) is 5.75 Å². The van der Waals surface area contributed by atoms with Crippen LogP contribution in [0, 0.1) is 0 Å². The maximum absolute atomic E-state index is 12.2. The van der Waals surface area contributed by atoms with Gasteiger partial charge < -0.3 is 37.3 Å². The molecule has 1 rings (SSSR count). The molecule has 0 saturated carbocycles. The Balaban J connectivity index is 0. The zero-order chi connectivity index (χ0) is 19.7. The second-order valence-electron chi connectivity index (χ2n) is 5.40. The van der Waals surface area contributed by atoms with Crippen molar-refractivity contribution < 1.29 is 91.3 Å². The van der Waals surface area contributed by atoms with E-state index < -0.39 is 30.8 Å². The van der Waals surface area contributed by atoms with Crippen molar-refractivity contribution in [3.8, 4) is 5.75 Å². The average Bonchev–Trinajstić information content (AvgIpc) is 2.58. The molecular weight excluding hydrogens is 406 g/mol. The minimum atomic E-state index is -4.68. The first kappa shape index (κ1) is 27.0. The van der Waals surface area contributed by atoms with Crippen LogP contribution in [-0.2, 0) is 30.0 Å². The second-order valence-corrected chi connectivity index (χ2v) is 6.97. The SMILES string of the molecule is NCCOCCOC(C=O)C(=O)[C@@H](N)Cc1ccc(O)cc1P(=O)(O)O.[H-].[K+]. The number of Topliss-reactive ketones (excluding diaryl/α,β-unsaturated/α-hetero) is 1. The molecule has 0 radical (unpaired) electrons. The Kier molecular flexibility index (Phi) is 13.2. The number of rotatable bonds is 12. The number of nitrogens with two attached hydrogens (primary N) is 2. The molecule has 0 bridgehead atoms. The van der Waals surface area contributed by atoms with Crippen LogP contribution >= 0.6 is 7.60 Å². The molecule has 0 aromatic heterocycles. The Labute approximate surface area is 200 Å². The van der Waals surface area contributed by atoms with Crippen LogP contribution in [0.2, 0.25) is 0 Å². The first-order valence-corrected chi connectivity index (χ1v) is 9.34. The molecule has 148 valence electrons. The van der Waals surface area contributed by atoms with E-state index in [1.165, 1.54) is 12.1 Å². The third kappa shape index (κ3) is 9.35. The molecular formula is C15H24KN2O8P. The fourth-order valence-electron chi connectivity index (χ4n) is 2.15. The van der Waals surface area contributed by atoms with Gasteiger partial charge in [-0.25, -0.2) is 0 Å². The van der Waals surface area contributed by atoms with E-state index in [0.29, 0.717) is 19.4 Å². The number of aromatic hydroxyl groups is 1. The van der Waals surface area contributed by atoms with E-state index in [2.05, 4.69) is 0 Å². The summed E-state index contributed by atoms with van der Waals surface area (Å²) in [5, 5.41) is 8.97. The molecule has 27 heavy (non-hydrogen) atoms. The zero-order valence-electron chi connectivity index (χ0n) is 16.0. The third-order valence-electron chi connectivity index (χ3n) is 3.38. The predicted octanol–water partition coefficient (Wildman–Crippen LogP) is -4.69. The number of phenols is 1. The van der Waals surface area contributed by atoms with Crippen LogP contribution in [0.15, 0.2) is 18.2 Å². The van der Waals surface area contributed by atoms with Crippen LogP contribution in [0.4, 0.5) is 0 Å². The smallest absolute Gasteiger partial charge is 1.00 e. The van der Waals surface area contributed by atoms with Crippen LogP contribution in [-0.4, -0.2) is 65.5 Å². The van der Waals surface area contributed by atoms with Gasteiger partial charge in [0.05, 0.1) is 31.2 Å². The van der Waals surface area contributed by atoms with Crippen molar-refractivity contribution in [3.63, 3.8) is 0 Å². The Morgan fingerprint density at radius 1 is 1.30 bits per heavy atom.